The summed E-state index contributed by atoms with van der Waals surface area (Å²) in [7, 11) is 0. The summed E-state index contributed by atoms with van der Waals surface area (Å²) in [5, 5.41) is 20.0. The summed E-state index contributed by atoms with van der Waals surface area (Å²) < 4.78 is 0. The van der Waals surface area contributed by atoms with E-state index in [-0.39, 0.29) is 13.0 Å². The lowest BCUT2D eigenvalue weighted by molar-refractivity contribution is -0.136. The zero-order chi connectivity index (χ0) is 12.1. The molecule has 0 saturated heterocycles. The Morgan fingerprint density at radius 2 is 1.94 bits per heavy atom. The Bertz CT molecular complexity index is 414. The maximum absolute atomic E-state index is 10.7. The summed E-state index contributed by atoms with van der Waals surface area (Å²) in [6, 6.07) is 5.23. The summed E-state index contributed by atoms with van der Waals surface area (Å²) in [5.74, 6) is -1.92. The topological polar surface area (TPSA) is 86.6 Å². The molecule has 0 unspecified atom stereocenters. The lowest BCUT2D eigenvalue weighted by Gasteiger charge is -2.11. The lowest BCUT2D eigenvalue weighted by atomic mass is 10.0. The van der Waals surface area contributed by atoms with Gasteiger partial charge in [-0.1, -0.05) is 12.1 Å². The molecule has 0 spiro atoms. The molecule has 0 radical (unpaired) electrons. The normalized spacial score (nSPS) is 9.81. The van der Waals surface area contributed by atoms with Crippen molar-refractivity contribution in [3.8, 4) is 0 Å². The summed E-state index contributed by atoms with van der Waals surface area (Å²) in [4.78, 5) is 21.1. The molecule has 0 amide bonds. The molecule has 0 aliphatic heterocycles. The highest BCUT2D eigenvalue weighted by atomic mass is 16.4. The molecule has 0 bridgehead atoms. The smallest absolute Gasteiger partial charge is 0.322 e. The molecule has 1 rings (SSSR count). The number of aryl methyl sites for hydroxylation is 1. The molecule has 0 saturated carbocycles. The van der Waals surface area contributed by atoms with Gasteiger partial charge in [0.15, 0.2) is 0 Å². The van der Waals surface area contributed by atoms with Crippen LogP contribution in [0.15, 0.2) is 18.2 Å². The Labute approximate surface area is 92.7 Å². The van der Waals surface area contributed by atoms with E-state index in [2.05, 4.69) is 5.32 Å². The van der Waals surface area contributed by atoms with Crippen LogP contribution in [0.25, 0.3) is 0 Å². The molecule has 3 N–H and O–H groups in total. The van der Waals surface area contributed by atoms with Gasteiger partial charge in [0.25, 0.3) is 0 Å². The molecule has 5 heteroatoms. The summed E-state index contributed by atoms with van der Waals surface area (Å²) in [5.41, 5.74) is 2.01. The van der Waals surface area contributed by atoms with Crippen molar-refractivity contribution in [3.63, 3.8) is 0 Å². The minimum absolute atomic E-state index is 0.116. The average molecular weight is 223 g/mol. The second kappa shape index (κ2) is 5.16. The van der Waals surface area contributed by atoms with E-state index in [0.717, 1.165) is 5.56 Å². The number of nitrogens with one attached hydrogen (secondary N) is 1. The van der Waals surface area contributed by atoms with Crippen LogP contribution in [0, 0.1) is 6.92 Å². The Kier molecular flexibility index (Phi) is 3.88. The van der Waals surface area contributed by atoms with Crippen molar-refractivity contribution in [1.29, 1.82) is 0 Å². The molecular weight excluding hydrogens is 210 g/mol. The fraction of sp³-hybridized carbons (Fsp3) is 0.273. The van der Waals surface area contributed by atoms with E-state index in [9.17, 15) is 9.59 Å². The van der Waals surface area contributed by atoms with E-state index in [1.54, 1.807) is 25.1 Å². The lowest BCUT2D eigenvalue weighted by Crippen LogP contribution is -2.15. The molecule has 16 heavy (non-hydrogen) atoms. The van der Waals surface area contributed by atoms with Crippen molar-refractivity contribution in [2.75, 3.05) is 11.9 Å². The van der Waals surface area contributed by atoms with Crippen molar-refractivity contribution in [2.24, 2.45) is 0 Å². The fourth-order valence-electron chi connectivity index (χ4n) is 1.42. The van der Waals surface area contributed by atoms with Crippen LogP contribution in [0.3, 0.4) is 0 Å². The van der Waals surface area contributed by atoms with E-state index in [1.807, 2.05) is 0 Å². The fourth-order valence-corrected chi connectivity index (χ4v) is 1.42. The SMILES string of the molecule is Cc1cccc(NCC(=O)O)c1CC(=O)O. The van der Waals surface area contributed by atoms with Gasteiger partial charge in [-0.2, -0.15) is 0 Å². The predicted octanol–water partition coefficient (Wildman–Crippen LogP) is 1.12. The number of carbonyl (C=O) groups is 2. The molecule has 0 fully saturated rings. The number of benzene rings is 1. The van der Waals surface area contributed by atoms with E-state index in [4.69, 9.17) is 10.2 Å². The van der Waals surface area contributed by atoms with Gasteiger partial charge in [-0.3, -0.25) is 9.59 Å². The van der Waals surface area contributed by atoms with Gasteiger partial charge in [0, 0.05) is 5.69 Å². The van der Waals surface area contributed by atoms with Crippen molar-refractivity contribution in [3.05, 3.63) is 29.3 Å². The Morgan fingerprint density at radius 3 is 2.50 bits per heavy atom. The highest BCUT2D eigenvalue weighted by molar-refractivity contribution is 5.77. The van der Waals surface area contributed by atoms with Crippen LogP contribution < -0.4 is 5.32 Å². The van der Waals surface area contributed by atoms with E-state index < -0.39 is 11.9 Å². The highest BCUT2D eigenvalue weighted by Gasteiger charge is 2.10. The maximum Gasteiger partial charge on any atom is 0.322 e. The molecule has 0 aliphatic rings. The Morgan fingerprint density at radius 1 is 1.25 bits per heavy atom. The van der Waals surface area contributed by atoms with E-state index >= 15 is 0 Å². The molecule has 0 aromatic heterocycles. The van der Waals surface area contributed by atoms with Gasteiger partial charge in [-0.05, 0) is 24.1 Å². The highest BCUT2D eigenvalue weighted by Crippen LogP contribution is 2.19. The molecule has 0 aliphatic carbocycles. The van der Waals surface area contributed by atoms with Crippen molar-refractivity contribution in [1.82, 2.24) is 0 Å². The standard InChI is InChI=1S/C11H13NO4/c1-7-3-2-4-9(12-6-11(15)16)8(7)5-10(13)14/h2-4,12H,5-6H2,1H3,(H,13,14)(H,15,16). The average Bonchev–Trinajstić information content (AvgIpc) is 2.18. The largest absolute Gasteiger partial charge is 0.481 e. The maximum atomic E-state index is 10.7. The third-order valence-electron chi connectivity index (χ3n) is 2.17. The van der Waals surface area contributed by atoms with Gasteiger partial charge < -0.3 is 15.5 Å². The van der Waals surface area contributed by atoms with E-state index in [0.29, 0.717) is 11.3 Å². The Hall–Kier alpha value is -2.04. The second-order valence-electron chi connectivity index (χ2n) is 3.42. The van der Waals surface area contributed by atoms with Crippen LogP contribution in [0.2, 0.25) is 0 Å². The number of hydrogen-bond donors (Lipinski definition) is 3. The van der Waals surface area contributed by atoms with Crippen LogP contribution >= 0.6 is 0 Å². The van der Waals surface area contributed by atoms with Crippen LogP contribution in [-0.2, 0) is 16.0 Å². The first-order valence-electron chi connectivity index (χ1n) is 4.76. The monoisotopic (exact) mass is 223 g/mol. The summed E-state index contributed by atoms with van der Waals surface area (Å²) >= 11 is 0. The minimum Gasteiger partial charge on any atom is -0.481 e. The third-order valence-corrected chi connectivity index (χ3v) is 2.17. The van der Waals surface area contributed by atoms with Crippen LogP contribution in [0.5, 0.6) is 0 Å². The van der Waals surface area contributed by atoms with Gasteiger partial charge >= 0.3 is 11.9 Å². The van der Waals surface area contributed by atoms with Crippen LogP contribution in [-0.4, -0.2) is 28.7 Å². The predicted molar refractivity (Wildman–Crippen MR) is 58.6 cm³/mol. The van der Waals surface area contributed by atoms with Gasteiger partial charge in [0.2, 0.25) is 0 Å². The minimum atomic E-state index is -0.984. The first-order valence-corrected chi connectivity index (χ1v) is 4.76. The number of carboxylic acid groups (broad SMARTS) is 2. The van der Waals surface area contributed by atoms with Gasteiger partial charge in [0.1, 0.15) is 6.54 Å². The molecule has 0 heterocycles. The molecule has 1 aromatic rings. The number of anilines is 1. The van der Waals surface area contributed by atoms with Gasteiger partial charge in [-0.25, -0.2) is 0 Å². The summed E-state index contributed by atoms with van der Waals surface area (Å²) in [6.45, 7) is 1.57. The second-order valence-corrected chi connectivity index (χ2v) is 3.42. The first-order chi connectivity index (χ1) is 7.50. The molecule has 0 atom stereocenters. The number of hydrogen-bond acceptors (Lipinski definition) is 3. The molecular formula is C11H13NO4. The quantitative estimate of drug-likeness (QED) is 0.696. The number of rotatable bonds is 5. The van der Waals surface area contributed by atoms with Crippen molar-refractivity contribution >= 4 is 17.6 Å². The zero-order valence-corrected chi connectivity index (χ0v) is 8.86. The Balaban J connectivity index is 2.93. The van der Waals surface area contributed by atoms with E-state index in [1.165, 1.54) is 0 Å². The number of aliphatic carboxylic acids is 2. The first kappa shape index (κ1) is 12.0. The van der Waals surface area contributed by atoms with Crippen LogP contribution in [0.1, 0.15) is 11.1 Å². The molecule has 5 nitrogen and oxygen atoms in total. The summed E-state index contributed by atoms with van der Waals surface area (Å²) in [6.07, 6.45) is -0.116. The van der Waals surface area contributed by atoms with Gasteiger partial charge in [0.05, 0.1) is 6.42 Å². The van der Waals surface area contributed by atoms with Crippen LogP contribution in [0.4, 0.5) is 5.69 Å². The molecule has 1 aromatic carbocycles. The number of carboxylic acids is 2. The van der Waals surface area contributed by atoms with Crippen molar-refractivity contribution < 1.29 is 19.8 Å². The molecule has 86 valence electrons. The third kappa shape index (κ3) is 3.27. The zero-order valence-electron chi connectivity index (χ0n) is 8.86. The van der Waals surface area contributed by atoms with Gasteiger partial charge in [-0.15, -0.1) is 0 Å². The van der Waals surface area contributed by atoms with Crippen molar-refractivity contribution in [2.45, 2.75) is 13.3 Å².